The number of aromatic amines is 1. The zero-order chi connectivity index (χ0) is 18.2. The molecule has 2 rings (SSSR count). The average Bonchev–Trinajstić information content (AvgIpc) is 3.01. The first-order chi connectivity index (χ1) is 12.2. The molecule has 0 radical (unpaired) electrons. The smallest absolute Gasteiger partial charge is 0.156 e. The molecule has 0 aromatic carbocycles. The van der Waals surface area contributed by atoms with Gasteiger partial charge >= 0.3 is 0 Å². The van der Waals surface area contributed by atoms with Gasteiger partial charge < -0.3 is 11.1 Å². The summed E-state index contributed by atoms with van der Waals surface area (Å²) in [6.07, 6.45) is 16.9. The molecule has 0 saturated heterocycles. The van der Waals surface area contributed by atoms with Gasteiger partial charge in [0.1, 0.15) is 5.82 Å². The van der Waals surface area contributed by atoms with Crippen molar-refractivity contribution in [2.75, 3.05) is 11.1 Å². The number of H-pyrrole nitrogens is 1. The SMILES string of the molecule is C=C\C=c1/c(=C\C=C/C)nc(N/C(C=C)=C/C=C\C)c2c(N)n[nH]c12. The number of nitrogens with two attached hydrogens (primary N) is 1. The van der Waals surface area contributed by atoms with Gasteiger partial charge in [-0.05, 0) is 32.1 Å². The van der Waals surface area contributed by atoms with Gasteiger partial charge in [-0.1, -0.05) is 49.6 Å². The Morgan fingerprint density at radius 3 is 2.56 bits per heavy atom. The van der Waals surface area contributed by atoms with E-state index in [1.165, 1.54) is 0 Å². The minimum absolute atomic E-state index is 0.385. The number of rotatable bonds is 6. The van der Waals surface area contributed by atoms with Crippen LogP contribution in [0.15, 0.2) is 61.4 Å². The molecule has 4 N–H and O–H groups in total. The van der Waals surface area contributed by atoms with E-state index < -0.39 is 0 Å². The molecule has 2 heterocycles. The van der Waals surface area contributed by atoms with Crippen LogP contribution in [0.25, 0.3) is 23.1 Å². The van der Waals surface area contributed by atoms with Crippen LogP contribution in [-0.2, 0) is 0 Å². The largest absolute Gasteiger partial charge is 0.382 e. The Kier molecular flexibility index (Phi) is 6.12. The predicted molar refractivity (Wildman–Crippen MR) is 108 cm³/mol. The molecule has 0 spiro atoms. The summed E-state index contributed by atoms with van der Waals surface area (Å²) < 4.78 is 0. The highest BCUT2D eigenvalue weighted by Gasteiger charge is 2.12. The maximum absolute atomic E-state index is 6.06. The molecule has 0 saturated carbocycles. The molecule has 5 nitrogen and oxygen atoms in total. The van der Waals surface area contributed by atoms with Crippen LogP contribution in [0.5, 0.6) is 0 Å². The Balaban J connectivity index is 2.83. The average molecular weight is 333 g/mol. The van der Waals surface area contributed by atoms with Gasteiger partial charge in [-0.15, -0.1) is 0 Å². The van der Waals surface area contributed by atoms with Crippen molar-refractivity contribution in [2.24, 2.45) is 0 Å². The second-order valence-electron chi connectivity index (χ2n) is 5.19. The lowest BCUT2D eigenvalue weighted by Gasteiger charge is -2.08. The van der Waals surface area contributed by atoms with E-state index in [4.69, 9.17) is 10.7 Å². The summed E-state index contributed by atoms with van der Waals surface area (Å²) in [4.78, 5) is 4.74. The van der Waals surface area contributed by atoms with E-state index in [-0.39, 0.29) is 0 Å². The second kappa shape index (κ2) is 8.49. The van der Waals surface area contributed by atoms with Crippen LogP contribution in [0.1, 0.15) is 13.8 Å². The summed E-state index contributed by atoms with van der Waals surface area (Å²) in [5, 5.41) is 12.8. The lowest BCUT2D eigenvalue weighted by Crippen LogP contribution is -2.30. The summed E-state index contributed by atoms with van der Waals surface area (Å²) in [5.74, 6) is 1.00. The lowest BCUT2D eigenvalue weighted by molar-refractivity contribution is 1.12. The molecule has 128 valence electrons. The molecular weight excluding hydrogens is 310 g/mol. The zero-order valence-corrected chi connectivity index (χ0v) is 14.6. The highest BCUT2D eigenvalue weighted by molar-refractivity contribution is 5.98. The Hall–Kier alpha value is -3.34. The van der Waals surface area contributed by atoms with Crippen LogP contribution in [0.2, 0.25) is 0 Å². The molecule has 0 atom stereocenters. The summed E-state index contributed by atoms with van der Waals surface area (Å²) in [5.41, 5.74) is 7.68. The molecule has 2 aromatic rings. The van der Waals surface area contributed by atoms with E-state index in [2.05, 4.69) is 28.7 Å². The molecule has 0 fully saturated rings. The van der Waals surface area contributed by atoms with Crippen LogP contribution in [0, 0.1) is 0 Å². The van der Waals surface area contributed by atoms with Gasteiger partial charge in [0.15, 0.2) is 5.82 Å². The fourth-order valence-corrected chi connectivity index (χ4v) is 2.34. The highest BCUT2D eigenvalue weighted by atomic mass is 15.2. The number of pyridine rings is 1. The molecule has 0 amide bonds. The van der Waals surface area contributed by atoms with E-state index in [0.29, 0.717) is 11.6 Å². The van der Waals surface area contributed by atoms with Gasteiger partial charge in [0.05, 0.1) is 16.3 Å². The quantitative estimate of drug-likeness (QED) is 0.710. The van der Waals surface area contributed by atoms with Crippen molar-refractivity contribution in [3.63, 3.8) is 0 Å². The number of hydrogen-bond donors (Lipinski definition) is 3. The highest BCUT2D eigenvalue weighted by Crippen LogP contribution is 2.22. The van der Waals surface area contributed by atoms with E-state index in [1.54, 1.807) is 12.2 Å². The monoisotopic (exact) mass is 333 g/mol. The number of allylic oxidation sites excluding steroid dienone is 7. The summed E-state index contributed by atoms with van der Waals surface area (Å²) in [7, 11) is 0. The van der Waals surface area contributed by atoms with Crippen LogP contribution in [0.4, 0.5) is 11.6 Å². The number of nitrogens with one attached hydrogen (secondary N) is 2. The van der Waals surface area contributed by atoms with E-state index >= 15 is 0 Å². The third-order valence-corrected chi connectivity index (χ3v) is 3.49. The van der Waals surface area contributed by atoms with Crippen molar-refractivity contribution < 1.29 is 0 Å². The van der Waals surface area contributed by atoms with E-state index in [9.17, 15) is 0 Å². The van der Waals surface area contributed by atoms with Crippen LogP contribution < -0.4 is 21.6 Å². The van der Waals surface area contributed by atoms with Crippen molar-refractivity contribution >= 4 is 34.7 Å². The van der Waals surface area contributed by atoms with E-state index in [0.717, 1.165) is 27.2 Å². The van der Waals surface area contributed by atoms with Gasteiger partial charge in [-0.3, -0.25) is 5.10 Å². The normalized spacial score (nSPS) is 14.1. The number of aromatic nitrogens is 3. The fourth-order valence-electron chi connectivity index (χ4n) is 2.34. The molecule has 2 aromatic heterocycles. The molecular formula is C20H23N5. The number of fused-ring (bicyclic) bond motifs is 1. The second-order valence-corrected chi connectivity index (χ2v) is 5.19. The van der Waals surface area contributed by atoms with Crippen molar-refractivity contribution in [1.29, 1.82) is 0 Å². The van der Waals surface area contributed by atoms with Gasteiger partial charge in [0, 0.05) is 10.9 Å². The first-order valence-electron chi connectivity index (χ1n) is 7.98. The van der Waals surface area contributed by atoms with E-state index in [1.807, 2.05) is 56.4 Å². The first-order valence-corrected chi connectivity index (χ1v) is 7.98. The van der Waals surface area contributed by atoms with Crippen molar-refractivity contribution in [3.8, 4) is 0 Å². The minimum Gasteiger partial charge on any atom is -0.382 e. The first kappa shape index (κ1) is 18.0. The molecule has 0 aliphatic carbocycles. The minimum atomic E-state index is 0.385. The number of nitrogens with zero attached hydrogens (tertiary/aromatic N) is 2. The zero-order valence-electron chi connectivity index (χ0n) is 14.6. The van der Waals surface area contributed by atoms with Crippen molar-refractivity contribution in [1.82, 2.24) is 15.2 Å². The van der Waals surface area contributed by atoms with Crippen LogP contribution in [-0.4, -0.2) is 15.2 Å². The maximum Gasteiger partial charge on any atom is 0.156 e. The third kappa shape index (κ3) is 3.95. The fraction of sp³-hybridized carbons (Fsp3) is 0.100. The topological polar surface area (TPSA) is 79.6 Å². The summed E-state index contributed by atoms with van der Waals surface area (Å²) >= 11 is 0. The maximum atomic E-state index is 6.06. The molecule has 25 heavy (non-hydrogen) atoms. The number of anilines is 2. The van der Waals surface area contributed by atoms with Crippen molar-refractivity contribution in [3.05, 3.63) is 72.0 Å². The number of hydrogen-bond acceptors (Lipinski definition) is 4. The Bertz CT molecular complexity index is 987. The van der Waals surface area contributed by atoms with Gasteiger partial charge in [-0.2, -0.15) is 5.10 Å². The molecule has 0 unspecified atom stereocenters. The van der Waals surface area contributed by atoms with Crippen LogP contribution in [0.3, 0.4) is 0 Å². The predicted octanol–water partition coefficient (Wildman–Crippen LogP) is 2.92. The summed E-state index contributed by atoms with van der Waals surface area (Å²) in [6, 6.07) is 0. The Labute approximate surface area is 147 Å². The van der Waals surface area contributed by atoms with Crippen molar-refractivity contribution in [2.45, 2.75) is 13.8 Å². The Morgan fingerprint density at radius 2 is 1.92 bits per heavy atom. The third-order valence-electron chi connectivity index (χ3n) is 3.49. The number of nitrogen functional groups attached to an aromatic ring is 1. The lowest BCUT2D eigenvalue weighted by atomic mass is 10.2. The summed E-state index contributed by atoms with van der Waals surface area (Å²) in [6.45, 7) is 11.5. The van der Waals surface area contributed by atoms with Gasteiger partial charge in [0.25, 0.3) is 0 Å². The van der Waals surface area contributed by atoms with Crippen LogP contribution >= 0.6 is 0 Å². The molecule has 0 bridgehead atoms. The van der Waals surface area contributed by atoms with Gasteiger partial charge in [-0.25, -0.2) is 4.98 Å². The molecule has 0 aliphatic heterocycles. The van der Waals surface area contributed by atoms with Gasteiger partial charge in [0.2, 0.25) is 0 Å². The molecule has 0 aliphatic rings. The Morgan fingerprint density at radius 1 is 1.16 bits per heavy atom. The standard InChI is InChI=1S/C20H23N5/c1-5-9-12-14(8-4)22-20-17-18(24-25-19(17)21)15(11-7-3)16(23-20)13-10-6-2/h5-13H,3-4H2,1-2H3,(H,22,23)(H3,21,24,25)/b9-5-,10-6-,14-12+,15-11+,16-13+. The molecule has 5 heteroatoms.